The van der Waals surface area contributed by atoms with E-state index in [-0.39, 0.29) is 36.4 Å². The lowest BCUT2D eigenvalue weighted by Crippen LogP contribution is -2.64. The maximum Gasteiger partial charge on any atom is 0.333 e. The highest BCUT2D eigenvalue weighted by Gasteiger charge is 2.69. The number of hydrogen-bond donors (Lipinski definition) is 3. The Morgan fingerprint density at radius 1 is 0.976 bits per heavy atom. The highest BCUT2D eigenvalue weighted by atomic mass is 16.3. The molecular weight excluding hydrogens is 528 g/mol. The molecule has 7 heteroatoms. The number of aliphatic hydroxyl groups is 2. The average molecular weight is 569 g/mol. The summed E-state index contributed by atoms with van der Waals surface area (Å²) >= 11 is 0. The molecule has 2 aromatic carbocycles. The van der Waals surface area contributed by atoms with Crippen molar-refractivity contribution in [3.8, 4) is 0 Å². The van der Waals surface area contributed by atoms with Crippen molar-refractivity contribution in [2.24, 2.45) is 28.6 Å². The summed E-state index contributed by atoms with van der Waals surface area (Å²) in [5.74, 6) is -0.760. The molecule has 2 aromatic rings. The zero-order chi connectivity index (χ0) is 30.0. The van der Waals surface area contributed by atoms with E-state index >= 15 is 0 Å². The maximum atomic E-state index is 14.6. The normalized spacial score (nSPS) is 35.0. The van der Waals surface area contributed by atoms with Crippen molar-refractivity contribution >= 4 is 29.1 Å². The highest BCUT2D eigenvalue weighted by molar-refractivity contribution is 6.21. The largest absolute Gasteiger partial charge is 0.393 e. The number of carbonyl (C=O) groups excluding carboxylic acids is 3. The number of nitrogens with one attached hydrogen (secondary N) is 1. The first-order valence-electron chi connectivity index (χ1n) is 15.0. The van der Waals surface area contributed by atoms with E-state index in [4.69, 9.17) is 0 Å². The van der Waals surface area contributed by atoms with Crippen molar-refractivity contribution in [3.05, 3.63) is 83.5 Å². The molecule has 3 amide bonds. The van der Waals surface area contributed by atoms with Crippen molar-refractivity contribution in [2.45, 2.75) is 71.5 Å². The number of carbonyl (C=O) groups is 3. The van der Waals surface area contributed by atoms with E-state index in [9.17, 15) is 24.6 Å². The summed E-state index contributed by atoms with van der Waals surface area (Å²) < 4.78 is 0. The molecule has 6 rings (SSSR count). The van der Waals surface area contributed by atoms with E-state index in [2.05, 4.69) is 12.2 Å². The van der Waals surface area contributed by atoms with Crippen molar-refractivity contribution in [2.75, 3.05) is 10.2 Å². The van der Waals surface area contributed by atoms with Gasteiger partial charge in [-0.05, 0) is 94.2 Å². The maximum absolute atomic E-state index is 14.6. The SMILES string of the molecule is Cc1ccc(NC(=O)N(C(=O)[C@@]2(O)CC[C@H]3[C@@H]4CCC5=CC(=O)C=C[C@]5(C)[C@H]4[C@@H](O)C[C@@]32C)c2ccc(C)cc2)cc1. The molecule has 0 aliphatic heterocycles. The summed E-state index contributed by atoms with van der Waals surface area (Å²) in [6.07, 6.45) is 7.07. The van der Waals surface area contributed by atoms with E-state index in [1.54, 1.807) is 36.4 Å². The smallest absolute Gasteiger partial charge is 0.333 e. The zero-order valence-corrected chi connectivity index (χ0v) is 24.8. The fourth-order valence-electron chi connectivity index (χ4n) is 8.70. The van der Waals surface area contributed by atoms with Crippen LogP contribution in [0, 0.1) is 42.4 Å². The first-order chi connectivity index (χ1) is 19.9. The summed E-state index contributed by atoms with van der Waals surface area (Å²) in [6.45, 7) is 7.91. The molecule has 0 bridgehead atoms. The van der Waals surface area contributed by atoms with Crippen LogP contribution < -0.4 is 10.2 Å². The van der Waals surface area contributed by atoms with Crippen LogP contribution in [0.4, 0.5) is 16.2 Å². The summed E-state index contributed by atoms with van der Waals surface area (Å²) in [7, 11) is 0. The first kappa shape index (κ1) is 28.6. The summed E-state index contributed by atoms with van der Waals surface area (Å²) in [5, 5.41) is 27.0. The number of hydrogen-bond acceptors (Lipinski definition) is 5. The van der Waals surface area contributed by atoms with Gasteiger partial charge in [0.1, 0.15) is 5.60 Å². The van der Waals surface area contributed by atoms with Gasteiger partial charge in [-0.15, -0.1) is 0 Å². The Morgan fingerprint density at radius 2 is 1.62 bits per heavy atom. The minimum absolute atomic E-state index is 0.0167. The van der Waals surface area contributed by atoms with Gasteiger partial charge in [0.05, 0.1) is 11.8 Å². The van der Waals surface area contributed by atoms with Gasteiger partial charge in [0, 0.05) is 22.4 Å². The predicted molar refractivity (Wildman–Crippen MR) is 162 cm³/mol. The lowest BCUT2D eigenvalue weighted by atomic mass is 9.46. The van der Waals surface area contributed by atoms with Crippen LogP contribution >= 0.6 is 0 Å². The zero-order valence-electron chi connectivity index (χ0n) is 24.8. The molecule has 4 aliphatic carbocycles. The Kier molecular flexibility index (Phi) is 6.82. The molecule has 0 unspecified atom stereocenters. The Morgan fingerprint density at radius 3 is 2.29 bits per heavy atom. The van der Waals surface area contributed by atoms with Crippen molar-refractivity contribution in [3.63, 3.8) is 0 Å². The number of amides is 3. The number of ketones is 1. The minimum Gasteiger partial charge on any atom is -0.393 e. The number of nitrogens with zero attached hydrogens (tertiary/aromatic N) is 1. The molecular formula is C35H40N2O5. The number of urea groups is 1. The van der Waals surface area contributed by atoms with E-state index < -0.39 is 34.5 Å². The Balaban J connectivity index is 1.35. The number of rotatable bonds is 3. The molecule has 0 radical (unpaired) electrons. The molecule has 7 atom stereocenters. The van der Waals surface area contributed by atoms with Crippen LogP contribution in [0.15, 0.2) is 72.3 Å². The molecule has 3 saturated carbocycles. The van der Waals surface area contributed by atoms with E-state index in [1.807, 2.05) is 51.1 Å². The second kappa shape index (κ2) is 10.0. The number of benzene rings is 2. The molecule has 0 saturated heterocycles. The lowest BCUT2D eigenvalue weighted by Gasteiger charge is -2.59. The van der Waals surface area contributed by atoms with E-state index in [1.165, 1.54) is 0 Å². The standard InChI is InChI=1S/C35H40N2O5/c1-21-5-10-24(11-6-21)36-32(41)37(25-12-7-22(2)8-13-25)31(40)35(42)18-16-28-27-14-9-23-19-26(38)15-17-33(23,3)30(27)29(39)20-34(28,35)4/h5-8,10-13,15,17,19,27-30,39,42H,9,14,16,18,20H2,1-4H3,(H,36,41)/t27-,28-,29-,30+,33-,34-,35-/m0/s1. The third-order valence-electron chi connectivity index (χ3n) is 11.0. The number of aryl methyl sites for hydroxylation is 2. The quantitative estimate of drug-likeness (QED) is 0.429. The molecule has 0 aromatic heterocycles. The van der Waals surface area contributed by atoms with Crippen LogP contribution in [0.25, 0.3) is 0 Å². The minimum atomic E-state index is -1.85. The monoisotopic (exact) mass is 568 g/mol. The van der Waals surface area contributed by atoms with Crippen LogP contribution in [0.1, 0.15) is 57.1 Å². The fraction of sp³-hybridized carbons (Fsp3) is 0.457. The predicted octanol–water partition coefficient (Wildman–Crippen LogP) is 5.88. The van der Waals surface area contributed by atoms with Gasteiger partial charge in [-0.25, -0.2) is 9.69 Å². The van der Waals surface area contributed by atoms with Gasteiger partial charge >= 0.3 is 6.03 Å². The summed E-state index contributed by atoms with van der Waals surface area (Å²) in [5.41, 5.74) is 0.774. The van der Waals surface area contributed by atoms with E-state index in [0.717, 1.165) is 34.4 Å². The second-order valence-electron chi connectivity index (χ2n) is 13.4. The number of aliphatic hydroxyl groups excluding tert-OH is 1. The molecule has 42 heavy (non-hydrogen) atoms. The average Bonchev–Trinajstić information content (AvgIpc) is 3.22. The molecule has 4 aliphatic rings. The van der Waals surface area contributed by atoms with Gasteiger partial charge in [0.25, 0.3) is 5.91 Å². The van der Waals surface area contributed by atoms with E-state index in [0.29, 0.717) is 17.8 Å². The lowest BCUT2D eigenvalue weighted by molar-refractivity contribution is -0.175. The van der Waals surface area contributed by atoms with Crippen LogP contribution in [-0.4, -0.2) is 39.6 Å². The third-order valence-corrected chi connectivity index (χ3v) is 11.0. The number of fused-ring (bicyclic) bond motifs is 5. The molecule has 220 valence electrons. The number of imide groups is 1. The Bertz CT molecular complexity index is 1490. The molecule has 0 spiro atoms. The van der Waals surface area contributed by atoms with Gasteiger partial charge in [0.2, 0.25) is 0 Å². The fourth-order valence-corrected chi connectivity index (χ4v) is 8.70. The van der Waals surface area contributed by atoms with Gasteiger partial charge in [-0.2, -0.15) is 0 Å². The van der Waals surface area contributed by atoms with Crippen LogP contribution in [0.5, 0.6) is 0 Å². The molecule has 0 heterocycles. The number of allylic oxidation sites excluding steroid dienone is 4. The summed E-state index contributed by atoms with van der Waals surface area (Å²) in [6, 6.07) is 13.8. The van der Waals surface area contributed by atoms with Gasteiger partial charge in [0.15, 0.2) is 5.78 Å². The van der Waals surface area contributed by atoms with Crippen molar-refractivity contribution < 1.29 is 24.6 Å². The van der Waals surface area contributed by atoms with Crippen LogP contribution in [0.2, 0.25) is 0 Å². The Hall–Kier alpha value is -3.55. The van der Waals surface area contributed by atoms with Gasteiger partial charge in [-0.3, -0.25) is 9.59 Å². The Labute approximate surface area is 247 Å². The number of anilines is 2. The van der Waals surface area contributed by atoms with Crippen molar-refractivity contribution in [1.82, 2.24) is 0 Å². The first-order valence-corrected chi connectivity index (χ1v) is 15.0. The topological polar surface area (TPSA) is 107 Å². The molecule has 3 fully saturated rings. The van der Waals surface area contributed by atoms with Crippen LogP contribution in [0.3, 0.4) is 0 Å². The van der Waals surface area contributed by atoms with Crippen molar-refractivity contribution in [1.29, 1.82) is 0 Å². The highest BCUT2D eigenvalue weighted by Crippen LogP contribution is 2.67. The molecule has 3 N–H and O–H groups in total. The summed E-state index contributed by atoms with van der Waals surface area (Å²) in [4.78, 5) is 41.6. The third kappa shape index (κ3) is 4.28. The molecule has 7 nitrogen and oxygen atoms in total. The van der Waals surface area contributed by atoms with Gasteiger partial charge in [-0.1, -0.05) is 60.9 Å². The van der Waals surface area contributed by atoms with Gasteiger partial charge < -0.3 is 15.5 Å². The van der Waals surface area contributed by atoms with Crippen LogP contribution in [-0.2, 0) is 9.59 Å². The second-order valence-corrected chi connectivity index (χ2v) is 13.4.